The Bertz CT molecular complexity index is 219. The number of rotatable bonds is 3. The van der Waals surface area contributed by atoms with E-state index in [0.29, 0.717) is 18.9 Å². The van der Waals surface area contributed by atoms with Crippen molar-refractivity contribution in [2.75, 3.05) is 13.1 Å². The van der Waals surface area contributed by atoms with E-state index in [4.69, 9.17) is 5.73 Å². The maximum atomic E-state index is 11.7. The van der Waals surface area contributed by atoms with Gasteiger partial charge >= 0.3 is 0 Å². The number of hydrogen-bond acceptors (Lipinski definition) is 3. The molecule has 1 aliphatic rings. The molecule has 15 heavy (non-hydrogen) atoms. The van der Waals surface area contributed by atoms with Gasteiger partial charge in [-0.15, -0.1) is 0 Å². The number of carbonyl (C=O) groups excluding carboxylic acids is 1. The molecule has 1 amide bonds. The summed E-state index contributed by atoms with van der Waals surface area (Å²) in [5, 5.41) is 9.66. The number of amides is 1. The largest absolute Gasteiger partial charge is 0.391 e. The van der Waals surface area contributed by atoms with Gasteiger partial charge in [0, 0.05) is 25.6 Å². The van der Waals surface area contributed by atoms with Gasteiger partial charge in [-0.05, 0) is 25.7 Å². The summed E-state index contributed by atoms with van der Waals surface area (Å²) in [4.78, 5) is 13.5. The number of aliphatic hydroxyl groups is 1. The minimum atomic E-state index is -0.363. The molecule has 3 atom stereocenters. The highest BCUT2D eigenvalue weighted by Gasteiger charge is 2.26. The Kier molecular flexibility index (Phi) is 4.54. The lowest BCUT2D eigenvalue weighted by Crippen LogP contribution is -2.46. The van der Waals surface area contributed by atoms with Crippen molar-refractivity contribution < 1.29 is 9.90 Å². The third kappa shape index (κ3) is 3.80. The molecule has 1 fully saturated rings. The molecule has 1 aliphatic heterocycles. The van der Waals surface area contributed by atoms with Crippen LogP contribution in [-0.4, -0.2) is 41.1 Å². The van der Waals surface area contributed by atoms with Gasteiger partial charge in [-0.25, -0.2) is 0 Å². The summed E-state index contributed by atoms with van der Waals surface area (Å²) in [6.07, 6.45) is 1.75. The molecule has 0 saturated carbocycles. The normalized spacial score (nSPS) is 28.9. The monoisotopic (exact) mass is 214 g/mol. The van der Waals surface area contributed by atoms with Crippen LogP contribution in [0.5, 0.6) is 0 Å². The van der Waals surface area contributed by atoms with E-state index >= 15 is 0 Å². The zero-order valence-electron chi connectivity index (χ0n) is 9.65. The van der Waals surface area contributed by atoms with E-state index in [9.17, 15) is 9.90 Å². The minimum absolute atomic E-state index is 0.0718. The van der Waals surface area contributed by atoms with E-state index in [1.54, 1.807) is 4.90 Å². The molecule has 0 aromatic heterocycles. The van der Waals surface area contributed by atoms with Crippen LogP contribution in [0.15, 0.2) is 0 Å². The number of nitrogens with zero attached hydrogens (tertiary/aromatic N) is 1. The Hall–Kier alpha value is -0.610. The topological polar surface area (TPSA) is 66.6 Å². The zero-order valence-corrected chi connectivity index (χ0v) is 9.65. The predicted molar refractivity (Wildman–Crippen MR) is 59.3 cm³/mol. The number of β-amino-alcohol motifs (C(OH)–C–C–N with tert-alkyl or cyclic N) is 1. The third-order valence-electron chi connectivity index (χ3n) is 3.08. The van der Waals surface area contributed by atoms with Gasteiger partial charge in [0.15, 0.2) is 0 Å². The van der Waals surface area contributed by atoms with Crippen LogP contribution >= 0.6 is 0 Å². The van der Waals surface area contributed by atoms with Gasteiger partial charge in [0.05, 0.1) is 6.10 Å². The van der Waals surface area contributed by atoms with E-state index in [1.807, 2.05) is 13.8 Å². The van der Waals surface area contributed by atoms with Gasteiger partial charge in [0.25, 0.3) is 0 Å². The fourth-order valence-electron chi connectivity index (χ4n) is 1.78. The van der Waals surface area contributed by atoms with Crippen LogP contribution in [0.4, 0.5) is 0 Å². The molecule has 0 aromatic carbocycles. The van der Waals surface area contributed by atoms with Crippen molar-refractivity contribution in [2.24, 2.45) is 11.7 Å². The Balaban J connectivity index is 2.34. The first-order valence-corrected chi connectivity index (χ1v) is 5.72. The van der Waals surface area contributed by atoms with Crippen molar-refractivity contribution in [1.29, 1.82) is 0 Å². The van der Waals surface area contributed by atoms with E-state index in [1.165, 1.54) is 0 Å². The van der Waals surface area contributed by atoms with Gasteiger partial charge in [-0.2, -0.15) is 0 Å². The minimum Gasteiger partial charge on any atom is -0.391 e. The highest BCUT2D eigenvalue weighted by molar-refractivity contribution is 5.76. The van der Waals surface area contributed by atoms with Crippen molar-refractivity contribution in [3.63, 3.8) is 0 Å². The lowest BCUT2D eigenvalue weighted by Gasteiger charge is -2.34. The molecule has 0 bridgehead atoms. The lowest BCUT2D eigenvalue weighted by molar-refractivity contribution is -0.135. The van der Waals surface area contributed by atoms with Crippen LogP contribution in [0.25, 0.3) is 0 Å². The van der Waals surface area contributed by atoms with Crippen LogP contribution in [-0.2, 0) is 4.79 Å². The molecule has 0 aromatic rings. The summed E-state index contributed by atoms with van der Waals surface area (Å²) in [5.74, 6) is 0.431. The number of likely N-dealkylation sites (tertiary alicyclic amines) is 1. The predicted octanol–water partition coefficient (Wildman–Crippen LogP) is 0.343. The molecule has 0 spiro atoms. The molecular weight excluding hydrogens is 192 g/mol. The van der Waals surface area contributed by atoms with Crippen LogP contribution in [0.1, 0.15) is 33.1 Å². The third-order valence-corrected chi connectivity index (χ3v) is 3.08. The maximum absolute atomic E-state index is 11.7. The second-order valence-corrected chi connectivity index (χ2v) is 4.69. The Labute approximate surface area is 91.4 Å². The molecule has 1 heterocycles. The molecular formula is C11H22N2O2. The first-order chi connectivity index (χ1) is 7.00. The average molecular weight is 214 g/mol. The smallest absolute Gasteiger partial charge is 0.222 e. The van der Waals surface area contributed by atoms with Gasteiger partial charge in [-0.3, -0.25) is 4.79 Å². The number of carbonyl (C=O) groups is 1. The molecule has 1 rings (SSSR count). The average Bonchev–Trinajstić information content (AvgIpc) is 2.18. The fraction of sp³-hybridized carbons (Fsp3) is 0.909. The highest BCUT2D eigenvalue weighted by atomic mass is 16.3. The summed E-state index contributed by atoms with van der Waals surface area (Å²) in [6.45, 7) is 5.18. The SMILES string of the molecule is CC(N)CCC(=O)N1CCC(C)C(O)C1. The highest BCUT2D eigenvalue weighted by Crippen LogP contribution is 2.17. The lowest BCUT2D eigenvalue weighted by atomic mass is 9.96. The van der Waals surface area contributed by atoms with Crippen LogP contribution in [0, 0.1) is 5.92 Å². The Morgan fingerprint density at radius 3 is 2.87 bits per heavy atom. The summed E-state index contributed by atoms with van der Waals surface area (Å²) in [7, 11) is 0. The molecule has 88 valence electrons. The first kappa shape index (κ1) is 12.5. The van der Waals surface area contributed by atoms with Crippen molar-refractivity contribution in [3.8, 4) is 0 Å². The fourth-order valence-corrected chi connectivity index (χ4v) is 1.78. The van der Waals surface area contributed by atoms with Gasteiger partial charge in [0.1, 0.15) is 0 Å². The second kappa shape index (κ2) is 5.47. The standard InChI is InChI=1S/C11H22N2O2/c1-8-5-6-13(7-10(8)14)11(15)4-3-9(2)12/h8-10,14H,3-7,12H2,1-2H3. The second-order valence-electron chi connectivity index (χ2n) is 4.69. The molecule has 4 heteroatoms. The van der Waals surface area contributed by atoms with Crippen molar-refractivity contribution in [3.05, 3.63) is 0 Å². The van der Waals surface area contributed by atoms with Crippen LogP contribution in [0.3, 0.4) is 0 Å². The van der Waals surface area contributed by atoms with E-state index in [-0.39, 0.29) is 18.1 Å². The number of nitrogens with two attached hydrogens (primary N) is 1. The number of hydrogen-bond donors (Lipinski definition) is 2. The van der Waals surface area contributed by atoms with Gasteiger partial charge in [0.2, 0.25) is 5.91 Å². The van der Waals surface area contributed by atoms with Gasteiger partial charge < -0.3 is 15.7 Å². The van der Waals surface area contributed by atoms with Crippen LogP contribution in [0.2, 0.25) is 0 Å². The maximum Gasteiger partial charge on any atom is 0.222 e. The summed E-state index contributed by atoms with van der Waals surface area (Å²) in [5.41, 5.74) is 5.60. The van der Waals surface area contributed by atoms with E-state index in [2.05, 4.69) is 0 Å². The van der Waals surface area contributed by atoms with Gasteiger partial charge in [-0.1, -0.05) is 6.92 Å². The van der Waals surface area contributed by atoms with Crippen molar-refractivity contribution >= 4 is 5.91 Å². The number of aliphatic hydroxyl groups excluding tert-OH is 1. The molecule has 4 nitrogen and oxygen atoms in total. The number of piperidine rings is 1. The Morgan fingerprint density at radius 2 is 2.33 bits per heavy atom. The van der Waals surface area contributed by atoms with Crippen LogP contribution < -0.4 is 5.73 Å². The quantitative estimate of drug-likeness (QED) is 0.712. The van der Waals surface area contributed by atoms with E-state index < -0.39 is 0 Å². The summed E-state index contributed by atoms with van der Waals surface area (Å²) >= 11 is 0. The molecule has 0 radical (unpaired) electrons. The zero-order chi connectivity index (χ0) is 11.4. The summed E-state index contributed by atoms with van der Waals surface area (Å²) < 4.78 is 0. The van der Waals surface area contributed by atoms with E-state index in [0.717, 1.165) is 19.4 Å². The Morgan fingerprint density at radius 1 is 1.67 bits per heavy atom. The molecule has 3 N–H and O–H groups in total. The summed E-state index contributed by atoms with van der Waals surface area (Å²) in [6, 6.07) is 0.0718. The molecule has 3 unspecified atom stereocenters. The molecule has 1 saturated heterocycles. The van der Waals surface area contributed by atoms with Crippen molar-refractivity contribution in [1.82, 2.24) is 4.90 Å². The first-order valence-electron chi connectivity index (χ1n) is 5.72. The van der Waals surface area contributed by atoms with Crippen molar-refractivity contribution in [2.45, 2.75) is 45.3 Å². The molecule has 0 aliphatic carbocycles.